The summed E-state index contributed by atoms with van der Waals surface area (Å²) in [5.74, 6) is -0.168. The largest absolute Gasteiger partial charge is 0.385 e. The van der Waals surface area contributed by atoms with Gasteiger partial charge in [-0.25, -0.2) is 0 Å². The SMILES string of the molecule is COCCCNc1cncc(C(=O)NCc2ccccn2)c1. The van der Waals surface area contributed by atoms with E-state index in [9.17, 15) is 4.79 Å². The zero-order valence-electron chi connectivity index (χ0n) is 12.6. The van der Waals surface area contributed by atoms with Gasteiger partial charge in [-0.3, -0.25) is 14.8 Å². The highest BCUT2D eigenvalue weighted by atomic mass is 16.5. The number of carbonyl (C=O) groups excluding carboxylic acids is 1. The van der Waals surface area contributed by atoms with Gasteiger partial charge in [0.25, 0.3) is 5.91 Å². The van der Waals surface area contributed by atoms with Crippen LogP contribution in [0.2, 0.25) is 0 Å². The van der Waals surface area contributed by atoms with Gasteiger partial charge in [0.1, 0.15) is 0 Å². The van der Waals surface area contributed by atoms with Gasteiger partial charge in [-0.1, -0.05) is 6.07 Å². The molecule has 2 aromatic heterocycles. The van der Waals surface area contributed by atoms with E-state index in [1.54, 1.807) is 31.8 Å². The van der Waals surface area contributed by atoms with Crippen molar-refractivity contribution in [3.63, 3.8) is 0 Å². The lowest BCUT2D eigenvalue weighted by atomic mass is 10.2. The Kier molecular flexibility index (Phi) is 6.32. The fraction of sp³-hybridized carbons (Fsp3) is 0.312. The lowest BCUT2D eigenvalue weighted by Crippen LogP contribution is -2.23. The van der Waals surface area contributed by atoms with Gasteiger partial charge in [0.15, 0.2) is 0 Å². The Labute approximate surface area is 129 Å². The summed E-state index contributed by atoms with van der Waals surface area (Å²) in [4.78, 5) is 20.4. The molecule has 0 spiro atoms. The number of hydrogen-bond donors (Lipinski definition) is 2. The van der Waals surface area contributed by atoms with Crippen LogP contribution >= 0.6 is 0 Å². The molecule has 0 atom stereocenters. The molecule has 0 unspecified atom stereocenters. The second-order valence-corrected chi connectivity index (χ2v) is 4.74. The number of pyridine rings is 2. The second kappa shape index (κ2) is 8.74. The number of methoxy groups -OCH3 is 1. The van der Waals surface area contributed by atoms with Gasteiger partial charge in [0.05, 0.1) is 23.5 Å². The summed E-state index contributed by atoms with van der Waals surface area (Å²) in [6.45, 7) is 1.87. The van der Waals surface area contributed by atoms with Crippen molar-refractivity contribution >= 4 is 11.6 Å². The number of anilines is 1. The van der Waals surface area contributed by atoms with E-state index in [1.807, 2.05) is 18.2 Å². The van der Waals surface area contributed by atoms with Crippen molar-refractivity contribution in [2.75, 3.05) is 25.6 Å². The van der Waals surface area contributed by atoms with E-state index in [0.29, 0.717) is 18.7 Å². The number of carbonyl (C=O) groups is 1. The van der Waals surface area contributed by atoms with E-state index in [0.717, 1.165) is 24.3 Å². The zero-order valence-corrected chi connectivity index (χ0v) is 12.6. The number of aromatic nitrogens is 2. The summed E-state index contributed by atoms with van der Waals surface area (Å²) in [5, 5.41) is 6.04. The molecule has 0 aliphatic heterocycles. The number of amides is 1. The number of hydrogen-bond acceptors (Lipinski definition) is 5. The van der Waals surface area contributed by atoms with E-state index in [-0.39, 0.29) is 5.91 Å². The highest BCUT2D eigenvalue weighted by Gasteiger charge is 2.07. The average Bonchev–Trinajstić information content (AvgIpc) is 2.58. The fourth-order valence-corrected chi connectivity index (χ4v) is 1.89. The van der Waals surface area contributed by atoms with Gasteiger partial charge in [0, 0.05) is 38.9 Å². The summed E-state index contributed by atoms with van der Waals surface area (Å²) in [5.41, 5.74) is 2.16. The summed E-state index contributed by atoms with van der Waals surface area (Å²) >= 11 is 0. The normalized spacial score (nSPS) is 10.2. The second-order valence-electron chi connectivity index (χ2n) is 4.74. The smallest absolute Gasteiger partial charge is 0.253 e. The Hall–Kier alpha value is -2.47. The molecule has 6 heteroatoms. The maximum absolute atomic E-state index is 12.1. The van der Waals surface area contributed by atoms with Gasteiger partial charge in [-0.15, -0.1) is 0 Å². The van der Waals surface area contributed by atoms with Crippen molar-refractivity contribution in [3.05, 3.63) is 54.1 Å². The van der Waals surface area contributed by atoms with Gasteiger partial charge >= 0.3 is 0 Å². The minimum absolute atomic E-state index is 0.168. The van der Waals surface area contributed by atoms with Crippen molar-refractivity contribution in [3.8, 4) is 0 Å². The van der Waals surface area contributed by atoms with Crippen molar-refractivity contribution in [2.45, 2.75) is 13.0 Å². The maximum atomic E-state index is 12.1. The minimum atomic E-state index is -0.168. The molecule has 0 fully saturated rings. The summed E-state index contributed by atoms with van der Waals surface area (Å²) < 4.78 is 4.99. The summed E-state index contributed by atoms with van der Waals surface area (Å²) in [7, 11) is 1.67. The number of rotatable bonds is 8. The van der Waals surface area contributed by atoms with Gasteiger partial charge in [-0.2, -0.15) is 0 Å². The van der Waals surface area contributed by atoms with Crippen LogP contribution in [-0.4, -0.2) is 36.1 Å². The molecule has 2 rings (SSSR count). The van der Waals surface area contributed by atoms with Gasteiger partial charge < -0.3 is 15.4 Å². The van der Waals surface area contributed by atoms with E-state index in [4.69, 9.17) is 4.74 Å². The van der Waals surface area contributed by atoms with Crippen LogP contribution in [-0.2, 0) is 11.3 Å². The molecule has 0 aromatic carbocycles. The molecule has 0 radical (unpaired) electrons. The first-order valence-electron chi connectivity index (χ1n) is 7.15. The van der Waals surface area contributed by atoms with Crippen LogP contribution in [0.15, 0.2) is 42.9 Å². The van der Waals surface area contributed by atoms with Gasteiger partial charge in [-0.05, 0) is 24.6 Å². The molecule has 116 valence electrons. The molecular formula is C16H20N4O2. The summed E-state index contributed by atoms with van der Waals surface area (Å²) in [6.07, 6.45) is 5.84. The van der Waals surface area contributed by atoms with Crippen molar-refractivity contribution in [2.24, 2.45) is 0 Å². The molecule has 0 saturated carbocycles. The van der Waals surface area contributed by atoms with E-state index >= 15 is 0 Å². The molecule has 6 nitrogen and oxygen atoms in total. The average molecular weight is 300 g/mol. The van der Waals surface area contributed by atoms with E-state index in [1.165, 1.54) is 0 Å². The maximum Gasteiger partial charge on any atom is 0.253 e. The third kappa shape index (κ3) is 5.14. The third-order valence-electron chi connectivity index (χ3n) is 3.01. The Balaban J connectivity index is 1.86. The predicted octanol–water partition coefficient (Wildman–Crippen LogP) is 1.85. The van der Waals surface area contributed by atoms with Crippen LogP contribution in [0.5, 0.6) is 0 Å². The highest BCUT2D eigenvalue weighted by Crippen LogP contribution is 2.08. The Morgan fingerprint density at radius 1 is 1.32 bits per heavy atom. The predicted molar refractivity (Wildman–Crippen MR) is 84.6 cm³/mol. The molecule has 0 aliphatic carbocycles. The topological polar surface area (TPSA) is 76.1 Å². The molecule has 0 bridgehead atoms. The molecule has 2 aromatic rings. The standard InChI is InChI=1S/C16H20N4O2/c1-22-8-4-7-19-15-9-13(10-17-11-15)16(21)20-12-14-5-2-3-6-18-14/h2-3,5-6,9-11,19H,4,7-8,12H2,1H3,(H,20,21). The first-order valence-corrected chi connectivity index (χ1v) is 7.15. The molecular weight excluding hydrogens is 280 g/mol. The third-order valence-corrected chi connectivity index (χ3v) is 3.01. The molecule has 2 heterocycles. The lowest BCUT2D eigenvalue weighted by molar-refractivity contribution is 0.0950. The van der Waals surface area contributed by atoms with Crippen LogP contribution < -0.4 is 10.6 Å². The lowest BCUT2D eigenvalue weighted by Gasteiger charge is -2.08. The van der Waals surface area contributed by atoms with Crippen LogP contribution in [0, 0.1) is 0 Å². The molecule has 2 N–H and O–H groups in total. The van der Waals surface area contributed by atoms with Crippen LogP contribution in [0.25, 0.3) is 0 Å². The van der Waals surface area contributed by atoms with Crippen molar-refractivity contribution in [1.82, 2.24) is 15.3 Å². The van der Waals surface area contributed by atoms with Gasteiger partial charge in [0.2, 0.25) is 0 Å². The Morgan fingerprint density at radius 2 is 2.23 bits per heavy atom. The Morgan fingerprint density at radius 3 is 3.00 bits per heavy atom. The van der Waals surface area contributed by atoms with E-state index in [2.05, 4.69) is 20.6 Å². The molecule has 1 amide bonds. The minimum Gasteiger partial charge on any atom is -0.385 e. The van der Waals surface area contributed by atoms with Crippen molar-refractivity contribution < 1.29 is 9.53 Å². The van der Waals surface area contributed by atoms with Crippen LogP contribution in [0.3, 0.4) is 0 Å². The molecule has 0 aliphatic rings. The zero-order chi connectivity index (χ0) is 15.6. The van der Waals surface area contributed by atoms with Crippen LogP contribution in [0.1, 0.15) is 22.5 Å². The quantitative estimate of drug-likeness (QED) is 0.728. The van der Waals surface area contributed by atoms with E-state index < -0.39 is 0 Å². The van der Waals surface area contributed by atoms with Crippen LogP contribution in [0.4, 0.5) is 5.69 Å². The fourth-order valence-electron chi connectivity index (χ4n) is 1.89. The van der Waals surface area contributed by atoms with Crippen molar-refractivity contribution in [1.29, 1.82) is 0 Å². The molecule has 22 heavy (non-hydrogen) atoms. The molecule has 0 saturated heterocycles. The number of nitrogens with one attached hydrogen (secondary N) is 2. The highest BCUT2D eigenvalue weighted by molar-refractivity contribution is 5.94. The first kappa shape index (κ1) is 15.9. The number of ether oxygens (including phenoxy) is 1. The Bertz CT molecular complexity index is 590. The monoisotopic (exact) mass is 300 g/mol. The number of nitrogens with zero attached hydrogens (tertiary/aromatic N) is 2. The first-order chi connectivity index (χ1) is 10.8. The summed E-state index contributed by atoms with van der Waals surface area (Å²) in [6, 6.07) is 7.38.